The van der Waals surface area contributed by atoms with E-state index >= 15 is 0 Å². The second-order valence-corrected chi connectivity index (χ2v) is 7.35. The minimum Gasteiger partial charge on any atom is -0.489 e. The highest BCUT2D eigenvalue weighted by atomic mass is 16.5. The van der Waals surface area contributed by atoms with Gasteiger partial charge in [0.05, 0.1) is 0 Å². The van der Waals surface area contributed by atoms with Crippen LogP contribution >= 0.6 is 0 Å². The predicted octanol–water partition coefficient (Wildman–Crippen LogP) is 3.97. The van der Waals surface area contributed by atoms with Crippen molar-refractivity contribution in [1.29, 1.82) is 0 Å². The van der Waals surface area contributed by atoms with E-state index in [1.165, 1.54) is 43.0 Å². The maximum Gasteiger partial charge on any atom is 0.196 e. The molecule has 2 aliphatic rings. The van der Waals surface area contributed by atoms with Gasteiger partial charge in [-0.1, -0.05) is 48.5 Å². The Morgan fingerprint density at radius 1 is 0.889 bits per heavy atom. The lowest BCUT2D eigenvalue weighted by Gasteiger charge is -2.41. The highest BCUT2D eigenvalue weighted by molar-refractivity contribution is 5.81. The number of ether oxygens (including phenoxy) is 1. The van der Waals surface area contributed by atoms with Gasteiger partial charge in [0.2, 0.25) is 0 Å². The third-order valence-corrected chi connectivity index (χ3v) is 5.35. The summed E-state index contributed by atoms with van der Waals surface area (Å²) in [5.41, 5.74) is 2.50. The van der Waals surface area contributed by atoms with E-state index in [-0.39, 0.29) is 0 Å². The van der Waals surface area contributed by atoms with Crippen molar-refractivity contribution in [2.24, 2.45) is 4.99 Å². The number of benzene rings is 2. The Hall–Kier alpha value is -2.49. The van der Waals surface area contributed by atoms with E-state index < -0.39 is 0 Å². The molecular weight excluding hydrogens is 334 g/mol. The first kappa shape index (κ1) is 17.9. The van der Waals surface area contributed by atoms with Gasteiger partial charge in [0.15, 0.2) is 5.96 Å². The number of fused-ring (bicyclic) bond motifs is 1. The normalized spacial score (nSPS) is 16.7. The number of aliphatic imine (C=N–C) groups is 1. The largest absolute Gasteiger partial charge is 0.489 e. The van der Waals surface area contributed by atoms with Crippen molar-refractivity contribution in [3.63, 3.8) is 0 Å². The smallest absolute Gasteiger partial charge is 0.196 e. The summed E-state index contributed by atoms with van der Waals surface area (Å²) in [7, 11) is 0. The molecule has 0 amide bonds. The van der Waals surface area contributed by atoms with Gasteiger partial charge in [-0.05, 0) is 42.9 Å². The van der Waals surface area contributed by atoms with Crippen LogP contribution in [0, 0.1) is 0 Å². The van der Waals surface area contributed by atoms with E-state index in [0.29, 0.717) is 6.61 Å². The molecule has 4 nitrogen and oxygen atoms in total. The summed E-state index contributed by atoms with van der Waals surface area (Å²) in [5, 5.41) is 0. The quantitative estimate of drug-likeness (QED) is 0.745. The van der Waals surface area contributed by atoms with Crippen LogP contribution in [0.2, 0.25) is 0 Å². The van der Waals surface area contributed by atoms with Crippen LogP contribution in [0.3, 0.4) is 0 Å². The van der Waals surface area contributed by atoms with Gasteiger partial charge in [-0.3, -0.25) is 4.99 Å². The molecule has 0 aliphatic carbocycles. The molecule has 1 saturated heterocycles. The van der Waals surface area contributed by atoms with Crippen molar-refractivity contribution in [1.82, 2.24) is 9.80 Å². The Balaban J connectivity index is 1.32. The van der Waals surface area contributed by atoms with E-state index in [4.69, 9.17) is 9.73 Å². The number of para-hydroxylation sites is 1. The van der Waals surface area contributed by atoms with Gasteiger partial charge >= 0.3 is 0 Å². The molecule has 0 bridgehead atoms. The summed E-state index contributed by atoms with van der Waals surface area (Å²) in [6.07, 6.45) is 4.60. The first-order valence-corrected chi connectivity index (χ1v) is 10.2. The molecule has 2 aromatic carbocycles. The fraction of sp³-hybridized carbons (Fsp3) is 0.435. The molecular formula is C23H29N3O. The summed E-state index contributed by atoms with van der Waals surface area (Å²) in [6.45, 7) is 6.16. The SMILES string of the molecule is c1ccc(COc2ccccc2CCCN2CCCN3CCCN=C32)cc1. The van der Waals surface area contributed by atoms with Crippen molar-refractivity contribution >= 4 is 5.96 Å². The van der Waals surface area contributed by atoms with Crippen molar-refractivity contribution < 1.29 is 4.74 Å². The third-order valence-electron chi connectivity index (χ3n) is 5.35. The van der Waals surface area contributed by atoms with E-state index in [1.807, 2.05) is 6.07 Å². The molecule has 0 aromatic heterocycles. The number of guanidine groups is 1. The van der Waals surface area contributed by atoms with Crippen molar-refractivity contribution in [2.75, 3.05) is 32.7 Å². The van der Waals surface area contributed by atoms with Gasteiger partial charge in [0.25, 0.3) is 0 Å². The number of nitrogens with zero attached hydrogens (tertiary/aromatic N) is 3. The molecule has 0 saturated carbocycles. The average molecular weight is 364 g/mol. The molecule has 27 heavy (non-hydrogen) atoms. The van der Waals surface area contributed by atoms with E-state index in [9.17, 15) is 0 Å². The fourth-order valence-corrected chi connectivity index (χ4v) is 3.96. The lowest BCUT2D eigenvalue weighted by atomic mass is 10.1. The number of rotatable bonds is 7. The van der Waals surface area contributed by atoms with Gasteiger partial charge in [0.1, 0.15) is 12.4 Å². The minimum absolute atomic E-state index is 0.621. The number of hydrogen-bond donors (Lipinski definition) is 0. The first-order chi connectivity index (χ1) is 13.4. The standard InChI is InChI=1S/C23H29N3O/c1-2-9-20(10-3-1)19-27-22-13-5-4-11-21(22)12-6-15-25-17-8-18-26-16-7-14-24-23(25)26/h1-5,9-11,13H,6-8,12,14-19H2. The Bertz CT molecular complexity index is 759. The van der Waals surface area contributed by atoms with Crippen molar-refractivity contribution in [3.8, 4) is 5.75 Å². The molecule has 2 aromatic rings. The van der Waals surface area contributed by atoms with Crippen molar-refractivity contribution in [2.45, 2.75) is 32.3 Å². The summed E-state index contributed by atoms with van der Waals surface area (Å²) in [6, 6.07) is 18.8. The van der Waals surface area contributed by atoms with Crippen LogP contribution in [-0.4, -0.2) is 48.5 Å². The Morgan fingerprint density at radius 2 is 1.70 bits per heavy atom. The molecule has 4 rings (SSSR count). The van der Waals surface area contributed by atoms with Crippen LogP contribution in [0.5, 0.6) is 5.75 Å². The van der Waals surface area contributed by atoms with Gasteiger partial charge < -0.3 is 14.5 Å². The molecule has 2 aliphatic heterocycles. The Labute approximate surface area is 162 Å². The van der Waals surface area contributed by atoms with Gasteiger partial charge in [-0.15, -0.1) is 0 Å². The van der Waals surface area contributed by atoms with E-state index in [1.54, 1.807) is 0 Å². The van der Waals surface area contributed by atoms with Crippen LogP contribution in [0.25, 0.3) is 0 Å². The molecule has 1 fully saturated rings. The summed E-state index contributed by atoms with van der Waals surface area (Å²) in [4.78, 5) is 9.73. The van der Waals surface area contributed by atoms with Crippen LogP contribution in [0.1, 0.15) is 30.4 Å². The van der Waals surface area contributed by atoms with Crippen molar-refractivity contribution in [3.05, 3.63) is 65.7 Å². The monoisotopic (exact) mass is 363 g/mol. The maximum atomic E-state index is 6.11. The lowest BCUT2D eigenvalue weighted by Crippen LogP contribution is -2.52. The fourth-order valence-electron chi connectivity index (χ4n) is 3.96. The van der Waals surface area contributed by atoms with Crippen LogP contribution in [0.15, 0.2) is 59.6 Å². The second-order valence-electron chi connectivity index (χ2n) is 7.35. The first-order valence-electron chi connectivity index (χ1n) is 10.2. The Morgan fingerprint density at radius 3 is 2.63 bits per heavy atom. The zero-order valence-corrected chi connectivity index (χ0v) is 16.0. The van der Waals surface area contributed by atoms with Crippen LogP contribution in [0.4, 0.5) is 0 Å². The van der Waals surface area contributed by atoms with Gasteiger partial charge in [-0.25, -0.2) is 0 Å². The molecule has 0 N–H and O–H groups in total. The van der Waals surface area contributed by atoms with E-state index in [0.717, 1.165) is 38.2 Å². The molecule has 2 heterocycles. The molecule has 0 atom stereocenters. The third kappa shape index (κ3) is 4.62. The highest BCUT2D eigenvalue weighted by Gasteiger charge is 2.24. The molecule has 0 radical (unpaired) electrons. The van der Waals surface area contributed by atoms with Crippen LogP contribution in [-0.2, 0) is 13.0 Å². The highest BCUT2D eigenvalue weighted by Crippen LogP contribution is 2.22. The molecule has 0 unspecified atom stereocenters. The summed E-state index contributed by atoms with van der Waals surface area (Å²) < 4.78 is 6.11. The average Bonchev–Trinajstić information content (AvgIpc) is 2.74. The zero-order valence-electron chi connectivity index (χ0n) is 16.0. The van der Waals surface area contributed by atoms with Gasteiger partial charge in [-0.2, -0.15) is 0 Å². The predicted molar refractivity (Wildman–Crippen MR) is 110 cm³/mol. The molecule has 0 spiro atoms. The number of hydrogen-bond acceptors (Lipinski definition) is 4. The van der Waals surface area contributed by atoms with Gasteiger partial charge in [0, 0.05) is 32.7 Å². The summed E-state index contributed by atoms with van der Waals surface area (Å²) in [5.74, 6) is 2.25. The Kier molecular flexibility index (Phi) is 5.92. The number of aryl methyl sites for hydroxylation is 1. The minimum atomic E-state index is 0.621. The lowest BCUT2D eigenvalue weighted by molar-refractivity contribution is 0.242. The summed E-state index contributed by atoms with van der Waals surface area (Å²) >= 11 is 0. The van der Waals surface area contributed by atoms with E-state index in [2.05, 4.69) is 58.3 Å². The molecule has 142 valence electrons. The van der Waals surface area contributed by atoms with Crippen LogP contribution < -0.4 is 4.74 Å². The molecule has 4 heteroatoms. The maximum absolute atomic E-state index is 6.11. The topological polar surface area (TPSA) is 28.1 Å². The second kappa shape index (κ2) is 8.94. The zero-order chi connectivity index (χ0) is 18.3.